The number of methoxy groups -OCH3 is 2. The van der Waals surface area contributed by atoms with Gasteiger partial charge < -0.3 is 24.4 Å². The molecule has 0 aromatic heterocycles. The van der Waals surface area contributed by atoms with Crippen LogP contribution in [0.1, 0.15) is 23.6 Å². The first-order chi connectivity index (χ1) is 14.5. The van der Waals surface area contributed by atoms with Crippen LogP contribution in [0.3, 0.4) is 0 Å². The third-order valence-corrected chi connectivity index (χ3v) is 5.52. The van der Waals surface area contributed by atoms with Crippen LogP contribution in [0.25, 0.3) is 0 Å². The van der Waals surface area contributed by atoms with Gasteiger partial charge in [-0.1, -0.05) is 23.7 Å². The van der Waals surface area contributed by atoms with Gasteiger partial charge in [-0.3, -0.25) is 4.79 Å². The summed E-state index contributed by atoms with van der Waals surface area (Å²) in [6, 6.07) is 13.0. The molecule has 0 spiro atoms. The van der Waals surface area contributed by atoms with Gasteiger partial charge >= 0.3 is 0 Å². The van der Waals surface area contributed by atoms with Crippen molar-refractivity contribution in [3.8, 4) is 11.5 Å². The predicted octanol–water partition coefficient (Wildman–Crippen LogP) is 3.48. The summed E-state index contributed by atoms with van der Waals surface area (Å²) in [5.41, 5.74) is 1.97. The van der Waals surface area contributed by atoms with E-state index in [9.17, 15) is 4.79 Å². The molecule has 1 aliphatic heterocycles. The van der Waals surface area contributed by atoms with Crippen LogP contribution in [0.2, 0.25) is 5.02 Å². The highest BCUT2D eigenvalue weighted by molar-refractivity contribution is 6.30. The molecule has 1 heterocycles. The number of carbonyl (C=O) groups is 1. The lowest BCUT2D eigenvalue weighted by atomic mass is 9.99. The predicted molar refractivity (Wildman–Crippen MR) is 117 cm³/mol. The van der Waals surface area contributed by atoms with Gasteiger partial charge in [-0.2, -0.15) is 0 Å². The summed E-state index contributed by atoms with van der Waals surface area (Å²) >= 11 is 6.05. The van der Waals surface area contributed by atoms with Gasteiger partial charge in [0.1, 0.15) is 11.5 Å². The standard InChI is InChI=1S/C23H29ClN2O4/c1-26-10-11-30-21(15-26)23(17-5-7-18(24)8-6-17)25-22(27)9-4-16-12-19(28-2)14-20(13-16)29-3/h5-8,12-14,21,23H,4,9-11,15H2,1-3H3,(H,25,27)/t21-,23+/m0/s1. The third-order valence-electron chi connectivity index (χ3n) is 5.27. The number of morpholine rings is 1. The van der Waals surface area contributed by atoms with Gasteiger partial charge in [0.25, 0.3) is 0 Å². The lowest BCUT2D eigenvalue weighted by molar-refractivity contribution is -0.124. The van der Waals surface area contributed by atoms with Gasteiger partial charge in [0, 0.05) is 30.6 Å². The quantitative estimate of drug-likeness (QED) is 0.692. The average Bonchev–Trinajstić information content (AvgIpc) is 2.76. The van der Waals surface area contributed by atoms with E-state index >= 15 is 0 Å². The lowest BCUT2D eigenvalue weighted by Crippen LogP contribution is -2.48. The molecule has 3 rings (SSSR count). The van der Waals surface area contributed by atoms with Crippen molar-refractivity contribution in [2.45, 2.75) is 25.0 Å². The molecular weight excluding hydrogens is 404 g/mol. The summed E-state index contributed by atoms with van der Waals surface area (Å²) in [6.07, 6.45) is 0.812. The monoisotopic (exact) mass is 432 g/mol. The first-order valence-electron chi connectivity index (χ1n) is 10.1. The first kappa shape index (κ1) is 22.4. The smallest absolute Gasteiger partial charge is 0.220 e. The molecule has 6 nitrogen and oxygen atoms in total. The maximum absolute atomic E-state index is 12.8. The topological polar surface area (TPSA) is 60.0 Å². The van der Waals surface area contributed by atoms with Gasteiger partial charge in [0.2, 0.25) is 5.91 Å². The molecule has 1 fully saturated rings. The number of nitrogens with one attached hydrogen (secondary N) is 1. The van der Waals surface area contributed by atoms with Gasteiger partial charge in [0.05, 0.1) is 33.0 Å². The lowest BCUT2D eigenvalue weighted by Gasteiger charge is -2.35. The Morgan fingerprint density at radius 1 is 1.20 bits per heavy atom. The molecule has 2 aromatic carbocycles. The number of benzene rings is 2. The molecule has 2 aromatic rings. The molecular formula is C23H29ClN2O4. The second kappa shape index (κ2) is 10.7. The maximum Gasteiger partial charge on any atom is 0.220 e. The fraction of sp³-hybridized carbons (Fsp3) is 0.435. The first-order valence-corrected chi connectivity index (χ1v) is 10.4. The number of rotatable bonds is 8. The van der Waals surface area contributed by atoms with E-state index in [1.165, 1.54) is 0 Å². The highest BCUT2D eigenvalue weighted by Gasteiger charge is 2.29. The molecule has 2 atom stereocenters. The minimum atomic E-state index is -0.239. The number of nitrogens with zero attached hydrogens (tertiary/aromatic N) is 1. The van der Waals surface area contributed by atoms with E-state index in [0.717, 1.165) is 24.2 Å². The minimum absolute atomic E-state index is 0.0337. The SMILES string of the molecule is COc1cc(CCC(=O)N[C@H](c2ccc(Cl)cc2)[C@@H]2CN(C)CCO2)cc(OC)c1. The zero-order valence-corrected chi connectivity index (χ0v) is 18.4. The van der Waals surface area contributed by atoms with E-state index in [1.807, 2.05) is 42.5 Å². The number of likely N-dealkylation sites (N-methyl/N-ethyl adjacent to an activating group) is 1. The molecule has 0 radical (unpaired) electrons. The zero-order chi connectivity index (χ0) is 21.5. The van der Waals surface area contributed by atoms with Crippen LogP contribution >= 0.6 is 11.6 Å². The van der Waals surface area contributed by atoms with Crippen molar-refractivity contribution in [1.82, 2.24) is 10.2 Å². The Balaban J connectivity index is 1.69. The van der Waals surface area contributed by atoms with Crippen molar-refractivity contribution < 1.29 is 19.0 Å². The number of ether oxygens (including phenoxy) is 3. The van der Waals surface area contributed by atoms with E-state index in [4.69, 9.17) is 25.8 Å². The van der Waals surface area contributed by atoms with Crippen molar-refractivity contribution in [3.05, 3.63) is 58.6 Å². The number of hydrogen-bond acceptors (Lipinski definition) is 5. The van der Waals surface area contributed by atoms with Gasteiger partial charge in [-0.15, -0.1) is 0 Å². The van der Waals surface area contributed by atoms with E-state index < -0.39 is 0 Å². The third kappa shape index (κ3) is 6.11. The van der Waals surface area contributed by atoms with Crippen molar-refractivity contribution in [3.63, 3.8) is 0 Å². The summed E-state index contributed by atoms with van der Waals surface area (Å²) in [5, 5.41) is 3.84. The number of carbonyl (C=O) groups excluding carboxylic acids is 1. The molecule has 0 aliphatic carbocycles. The summed E-state index contributed by atoms with van der Waals surface area (Å²) in [4.78, 5) is 15.0. The van der Waals surface area contributed by atoms with Gasteiger partial charge in [0.15, 0.2) is 0 Å². The molecule has 0 bridgehead atoms. The molecule has 30 heavy (non-hydrogen) atoms. The van der Waals surface area contributed by atoms with Crippen LogP contribution in [0.15, 0.2) is 42.5 Å². The van der Waals surface area contributed by atoms with Gasteiger partial charge in [-0.25, -0.2) is 0 Å². The summed E-state index contributed by atoms with van der Waals surface area (Å²) in [6.45, 7) is 2.28. The maximum atomic E-state index is 12.8. The zero-order valence-electron chi connectivity index (χ0n) is 17.7. The molecule has 1 N–H and O–H groups in total. The normalized spacial score (nSPS) is 17.9. The van der Waals surface area contributed by atoms with Crippen molar-refractivity contribution >= 4 is 17.5 Å². The second-order valence-electron chi connectivity index (χ2n) is 7.49. The molecule has 0 saturated carbocycles. The van der Waals surface area contributed by atoms with Gasteiger partial charge in [-0.05, 0) is 48.9 Å². The fourth-order valence-electron chi connectivity index (χ4n) is 3.59. The van der Waals surface area contributed by atoms with E-state index in [0.29, 0.717) is 36.0 Å². The minimum Gasteiger partial charge on any atom is -0.497 e. The van der Waals surface area contributed by atoms with Crippen LogP contribution in [0.5, 0.6) is 11.5 Å². The Morgan fingerprint density at radius 2 is 1.87 bits per heavy atom. The molecule has 0 unspecified atom stereocenters. The molecule has 162 valence electrons. The van der Waals surface area contributed by atoms with Crippen molar-refractivity contribution in [1.29, 1.82) is 0 Å². The highest BCUT2D eigenvalue weighted by Crippen LogP contribution is 2.25. The molecule has 1 amide bonds. The van der Waals surface area contributed by atoms with Crippen LogP contribution in [-0.4, -0.2) is 57.9 Å². The Morgan fingerprint density at radius 3 is 2.47 bits per heavy atom. The molecule has 1 saturated heterocycles. The molecule has 1 aliphatic rings. The Hall–Kier alpha value is -2.28. The van der Waals surface area contributed by atoms with Crippen LogP contribution in [0.4, 0.5) is 0 Å². The van der Waals surface area contributed by atoms with E-state index in [-0.39, 0.29) is 18.1 Å². The number of amides is 1. The summed E-state index contributed by atoms with van der Waals surface area (Å²) < 4.78 is 16.6. The van der Waals surface area contributed by atoms with Crippen molar-refractivity contribution in [2.75, 3.05) is 41.0 Å². The highest BCUT2D eigenvalue weighted by atomic mass is 35.5. The Kier molecular flexibility index (Phi) is 7.96. The average molecular weight is 433 g/mol. The number of halogens is 1. The molecule has 7 heteroatoms. The van der Waals surface area contributed by atoms with Crippen LogP contribution in [0, 0.1) is 0 Å². The number of aryl methyl sites for hydroxylation is 1. The fourth-order valence-corrected chi connectivity index (χ4v) is 3.71. The van der Waals surface area contributed by atoms with Crippen LogP contribution in [-0.2, 0) is 16.0 Å². The van der Waals surface area contributed by atoms with E-state index in [1.54, 1.807) is 14.2 Å². The van der Waals surface area contributed by atoms with E-state index in [2.05, 4.69) is 17.3 Å². The summed E-state index contributed by atoms with van der Waals surface area (Å²) in [5.74, 6) is 1.39. The second-order valence-corrected chi connectivity index (χ2v) is 7.93. The number of hydrogen-bond donors (Lipinski definition) is 1. The Labute approximate surface area is 183 Å². The summed E-state index contributed by atoms with van der Waals surface area (Å²) in [7, 11) is 5.29. The Bertz CT molecular complexity index is 821. The largest absolute Gasteiger partial charge is 0.497 e. The van der Waals surface area contributed by atoms with Crippen LogP contribution < -0.4 is 14.8 Å². The van der Waals surface area contributed by atoms with Crippen molar-refractivity contribution in [2.24, 2.45) is 0 Å².